The highest BCUT2D eigenvalue weighted by molar-refractivity contribution is 4.86. The van der Waals surface area contributed by atoms with Gasteiger partial charge in [0, 0.05) is 12.0 Å². The number of hydrogen-bond acceptors (Lipinski definition) is 2. The van der Waals surface area contributed by atoms with Gasteiger partial charge in [0.05, 0.1) is 13.2 Å². The standard InChI is InChI=1S/C8H17NO/c1-8(2,3)6-4-10-5-7(6)9/h6-7H,4-5,9H2,1-3H3/t6-,7+/m1/s1. The number of ether oxygens (including phenoxy) is 1. The maximum absolute atomic E-state index is 5.84. The van der Waals surface area contributed by atoms with E-state index >= 15 is 0 Å². The third kappa shape index (κ3) is 1.50. The van der Waals surface area contributed by atoms with Gasteiger partial charge in [0.2, 0.25) is 0 Å². The van der Waals surface area contributed by atoms with Gasteiger partial charge >= 0.3 is 0 Å². The van der Waals surface area contributed by atoms with Gasteiger partial charge in [-0.3, -0.25) is 0 Å². The fourth-order valence-corrected chi connectivity index (χ4v) is 1.46. The summed E-state index contributed by atoms with van der Waals surface area (Å²) in [5, 5.41) is 0. The van der Waals surface area contributed by atoms with Crippen molar-refractivity contribution in [1.82, 2.24) is 0 Å². The largest absolute Gasteiger partial charge is 0.379 e. The first-order chi connectivity index (χ1) is 4.52. The van der Waals surface area contributed by atoms with Crippen LogP contribution in [0, 0.1) is 11.3 Å². The fraction of sp³-hybridized carbons (Fsp3) is 1.00. The van der Waals surface area contributed by atoms with Gasteiger partial charge in [0.1, 0.15) is 0 Å². The van der Waals surface area contributed by atoms with Crippen molar-refractivity contribution in [1.29, 1.82) is 0 Å². The van der Waals surface area contributed by atoms with Crippen molar-refractivity contribution in [2.75, 3.05) is 13.2 Å². The summed E-state index contributed by atoms with van der Waals surface area (Å²) < 4.78 is 5.27. The summed E-state index contributed by atoms with van der Waals surface area (Å²) in [6, 6.07) is 0.250. The molecule has 10 heavy (non-hydrogen) atoms. The van der Waals surface area contributed by atoms with Gasteiger partial charge in [0.25, 0.3) is 0 Å². The molecule has 0 saturated carbocycles. The molecule has 0 amide bonds. The first-order valence-electron chi connectivity index (χ1n) is 3.85. The summed E-state index contributed by atoms with van der Waals surface area (Å²) in [6.07, 6.45) is 0. The Bertz CT molecular complexity index is 117. The van der Waals surface area contributed by atoms with E-state index in [4.69, 9.17) is 10.5 Å². The SMILES string of the molecule is CC(C)(C)[C@@H]1COC[C@@H]1N. The lowest BCUT2D eigenvalue weighted by Crippen LogP contribution is -2.36. The molecule has 0 aromatic carbocycles. The van der Waals surface area contributed by atoms with Crippen molar-refractivity contribution in [3.63, 3.8) is 0 Å². The minimum atomic E-state index is 0.250. The van der Waals surface area contributed by atoms with Crippen LogP contribution in [0.4, 0.5) is 0 Å². The molecule has 2 heteroatoms. The van der Waals surface area contributed by atoms with E-state index in [1.165, 1.54) is 0 Å². The topological polar surface area (TPSA) is 35.2 Å². The second-order valence-electron chi connectivity index (χ2n) is 4.17. The molecule has 2 atom stereocenters. The van der Waals surface area contributed by atoms with Crippen molar-refractivity contribution >= 4 is 0 Å². The van der Waals surface area contributed by atoms with Crippen LogP contribution in [0.2, 0.25) is 0 Å². The monoisotopic (exact) mass is 143 g/mol. The summed E-state index contributed by atoms with van der Waals surface area (Å²) >= 11 is 0. The molecule has 1 aliphatic rings. The van der Waals surface area contributed by atoms with Gasteiger partial charge < -0.3 is 10.5 Å². The summed E-state index contributed by atoms with van der Waals surface area (Å²) in [6.45, 7) is 8.22. The van der Waals surface area contributed by atoms with Crippen LogP contribution < -0.4 is 5.73 Å². The fourth-order valence-electron chi connectivity index (χ4n) is 1.46. The molecule has 2 N–H and O–H groups in total. The van der Waals surface area contributed by atoms with Gasteiger partial charge in [-0.15, -0.1) is 0 Å². The molecule has 1 saturated heterocycles. The first kappa shape index (κ1) is 8.02. The van der Waals surface area contributed by atoms with E-state index in [-0.39, 0.29) is 6.04 Å². The Morgan fingerprint density at radius 2 is 1.90 bits per heavy atom. The van der Waals surface area contributed by atoms with E-state index in [1.54, 1.807) is 0 Å². The summed E-state index contributed by atoms with van der Waals surface area (Å²) in [7, 11) is 0. The Hall–Kier alpha value is -0.0800. The van der Waals surface area contributed by atoms with Gasteiger partial charge in [-0.1, -0.05) is 20.8 Å². The van der Waals surface area contributed by atoms with Crippen LogP contribution in [0.1, 0.15) is 20.8 Å². The lowest BCUT2D eigenvalue weighted by molar-refractivity contribution is 0.152. The molecule has 1 rings (SSSR count). The maximum atomic E-state index is 5.84. The van der Waals surface area contributed by atoms with E-state index in [2.05, 4.69) is 20.8 Å². The lowest BCUT2D eigenvalue weighted by atomic mass is 9.78. The zero-order chi connectivity index (χ0) is 7.78. The number of nitrogens with two attached hydrogens (primary N) is 1. The molecular formula is C8H17NO. The highest BCUT2D eigenvalue weighted by atomic mass is 16.5. The van der Waals surface area contributed by atoms with Crippen molar-refractivity contribution in [3.8, 4) is 0 Å². The van der Waals surface area contributed by atoms with Crippen LogP contribution in [-0.2, 0) is 4.74 Å². The van der Waals surface area contributed by atoms with Crippen LogP contribution in [0.25, 0.3) is 0 Å². The van der Waals surface area contributed by atoms with Gasteiger partial charge in [-0.05, 0) is 5.41 Å². The Balaban J connectivity index is 2.55. The number of rotatable bonds is 0. The van der Waals surface area contributed by atoms with E-state index in [1.807, 2.05) is 0 Å². The first-order valence-corrected chi connectivity index (χ1v) is 3.85. The molecule has 2 nitrogen and oxygen atoms in total. The molecule has 1 heterocycles. The predicted octanol–water partition coefficient (Wildman–Crippen LogP) is 1.01. The Kier molecular flexibility index (Phi) is 2.02. The van der Waals surface area contributed by atoms with Gasteiger partial charge in [-0.2, -0.15) is 0 Å². The van der Waals surface area contributed by atoms with Crippen LogP contribution in [-0.4, -0.2) is 19.3 Å². The van der Waals surface area contributed by atoms with E-state index in [9.17, 15) is 0 Å². The normalized spacial score (nSPS) is 34.8. The Morgan fingerprint density at radius 1 is 1.30 bits per heavy atom. The van der Waals surface area contributed by atoms with E-state index in [0.29, 0.717) is 11.3 Å². The molecular weight excluding hydrogens is 126 g/mol. The molecule has 60 valence electrons. The summed E-state index contributed by atoms with van der Waals surface area (Å²) in [4.78, 5) is 0. The molecule has 0 aromatic rings. The van der Waals surface area contributed by atoms with Gasteiger partial charge in [0.15, 0.2) is 0 Å². The zero-order valence-electron chi connectivity index (χ0n) is 7.05. The average Bonchev–Trinajstić information content (AvgIpc) is 2.11. The van der Waals surface area contributed by atoms with Crippen molar-refractivity contribution in [3.05, 3.63) is 0 Å². The predicted molar refractivity (Wildman–Crippen MR) is 41.7 cm³/mol. The van der Waals surface area contributed by atoms with Crippen LogP contribution in [0.15, 0.2) is 0 Å². The molecule has 0 bridgehead atoms. The zero-order valence-corrected chi connectivity index (χ0v) is 7.05. The van der Waals surface area contributed by atoms with Crippen LogP contribution >= 0.6 is 0 Å². The smallest absolute Gasteiger partial charge is 0.0621 e. The number of hydrogen-bond donors (Lipinski definition) is 1. The highest BCUT2D eigenvalue weighted by Crippen LogP contribution is 2.31. The lowest BCUT2D eigenvalue weighted by Gasteiger charge is -2.28. The summed E-state index contributed by atoms with van der Waals surface area (Å²) in [5.74, 6) is 0.535. The Morgan fingerprint density at radius 3 is 2.10 bits per heavy atom. The second kappa shape index (κ2) is 2.51. The van der Waals surface area contributed by atoms with Crippen LogP contribution in [0.3, 0.4) is 0 Å². The molecule has 0 aliphatic carbocycles. The van der Waals surface area contributed by atoms with Crippen molar-refractivity contribution in [2.24, 2.45) is 17.1 Å². The molecule has 0 radical (unpaired) electrons. The Labute approximate surface area is 62.7 Å². The van der Waals surface area contributed by atoms with E-state index in [0.717, 1.165) is 13.2 Å². The second-order valence-corrected chi connectivity index (χ2v) is 4.17. The van der Waals surface area contributed by atoms with Crippen molar-refractivity contribution < 1.29 is 4.74 Å². The molecule has 0 aromatic heterocycles. The third-order valence-corrected chi connectivity index (χ3v) is 2.24. The minimum absolute atomic E-state index is 0.250. The average molecular weight is 143 g/mol. The van der Waals surface area contributed by atoms with Gasteiger partial charge in [-0.25, -0.2) is 0 Å². The summed E-state index contributed by atoms with van der Waals surface area (Å²) in [5.41, 5.74) is 6.14. The maximum Gasteiger partial charge on any atom is 0.0621 e. The highest BCUT2D eigenvalue weighted by Gasteiger charge is 2.34. The molecule has 0 unspecified atom stereocenters. The minimum Gasteiger partial charge on any atom is -0.379 e. The molecule has 1 aliphatic heterocycles. The van der Waals surface area contributed by atoms with E-state index < -0.39 is 0 Å². The quantitative estimate of drug-likeness (QED) is 0.549. The molecule has 1 fully saturated rings. The molecule has 0 spiro atoms. The van der Waals surface area contributed by atoms with Crippen molar-refractivity contribution in [2.45, 2.75) is 26.8 Å². The van der Waals surface area contributed by atoms with Crippen LogP contribution in [0.5, 0.6) is 0 Å². The third-order valence-electron chi connectivity index (χ3n) is 2.24.